The molecule has 0 aliphatic carbocycles. The van der Waals surface area contributed by atoms with Crippen LogP contribution in [0.25, 0.3) is 11.4 Å². The average molecular weight is 410 g/mol. The van der Waals surface area contributed by atoms with E-state index in [4.69, 9.17) is 0 Å². The molecular weight excluding hydrogens is 400 g/mol. The summed E-state index contributed by atoms with van der Waals surface area (Å²) in [7, 11) is 0. The molecule has 0 saturated carbocycles. The van der Waals surface area contributed by atoms with Crippen LogP contribution in [0.1, 0.15) is 12.6 Å². The van der Waals surface area contributed by atoms with Crippen molar-refractivity contribution >= 4 is 22.6 Å². The van der Waals surface area contributed by atoms with Gasteiger partial charge in [-0.15, -0.1) is 13.2 Å². The number of hydrogen-bond donors (Lipinski definition) is 1. The lowest BCUT2D eigenvalue weighted by Gasteiger charge is -2.09. The van der Waals surface area contributed by atoms with Gasteiger partial charge in [0.1, 0.15) is 11.6 Å². The van der Waals surface area contributed by atoms with Crippen LogP contribution >= 0.6 is 22.6 Å². The number of halogens is 4. The molecular formula is C13H10F3IN2O2. The van der Waals surface area contributed by atoms with Gasteiger partial charge in [-0.25, -0.2) is 4.98 Å². The van der Waals surface area contributed by atoms with Crippen molar-refractivity contribution in [1.29, 1.82) is 0 Å². The van der Waals surface area contributed by atoms with Gasteiger partial charge in [0.05, 0.1) is 9.26 Å². The quantitative estimate of drug-likeness (QED) is 0.789. The Morgan fingerprint density at radius 3 is 2.43 bits per heavy atom. The summed E-state index contributed by atoms with van der Waals surface area (Å²) in [6.45, 7) is 1.87. The first-order chi connectivity index (χ1) is 9.80. The maximum Gasteiger partial charge on any atom is 0.573 e. The van der Waals surface area contributed by atoms with Crippen LogP contribution in [0.15, 0.2) is 29.1 Å². The maximum atomic E-state index is 12.1. The number of nitrogens with one attached hydrogen (secondary N) is 1. The van der Waals surface area contributed by atoms with Gasteiger partial charge in [0.15, 0.2) is 0 Å². The first-order valence-electron chi connectivity index (χ1n) is 5.95. The van der Waals surface area contributed by atoms with E-state index in [1.165, 1.54) is 24.3 Å². The molecule has 2 rings (SSSR count). The number of ether oxygens (including phenoxy) is 1. The summed E-state index contributed by atoms with van der Waals surface area (Å²) in [6, 6.07) is 5.16. The highest BCUT2D eigenvalue weighted by Gasteiger charge is 2.31. The molecule has 8 heteroatoms. The molecule has 0 atom stereocenters. The lowest BCUT2D eigenvalue weighted by Crippen LogP contribution is -2.17. The fourth-order valence-corrected chi connectivity index (χ4v) is 2.33. The van der Waals surface area contributed by atoms with E-state index in [-0.39, 0.29) is 11.3 Å². The molecule has 1 aromatic heterocycles. The van der Waals surface area contributed by atoms with Crippen molar-refractivity contribution in [3.63, 3.8) is 0 Å². The number of H-pyrrole nitrogens is 1. The second-order valence-electron chi connectivity index (χ2n) is 4.10. The van der Waals surface area contributed by atoms with Gasteiger partial charge in [-0.1, -0.05) is 6.92 Å². The van der Waals surface area contributed by atoms with Gasteiger partial charge in [-0.3, -0.25) is 4.79 Å². The van der Waals surface area contributed by atoms with Gasteiger partial charge >= 0.3 is 6.36 Å². The summed E-state index contributed by atoms with van der Waals surface area (Å²) in [4.78, 5) is 18.7. The van der Waals surface area contributed by atoms with Crippen molar-refractivity contribution in [2.24, 2.45) is 0 Å². The van der Waals surface area contributed by atoms with Gasteiger partial charge in [0.25, 0.3) is 5.56 Å². The largest absolute Gasteiger partial charge is 0.573 e. The van der Waals surface area contributed by atoms with E-state index >= 15 is 0 Å². The fourth-order valence-electron chi connectivity index (χ4n) is 1.69. The molecule has 0 radical (unpaired) electrons. The number of hydrogen-bond acceptors (Lipinski definition) is 3. The molecule has 2 aromatic rings. The van der Waals surface area contributed by atoms with Crippen molar-refractivity contribution in [2.75, 3.05) is 0 Å². The third-order valence-electron chi connectivity index (χ3n) is 2.63. The highest BCUT2D eigenvalue weighted by atomic mass is 127. The molecule has 21 heavy (non-hydrogen) atoms. The second kappa shape index (κ2) is 6.04. The Labute approximate surface area is 131 Å². The molecule has 1 heterocycles. The van der Waals surface area contributed by atoms with E-state index in [9.17, 15) is 18.0 Å². The molecule has 4 nitrogen and oxygen atoms in total. The van der Waals surface area contributed by atoms with E-state index in [0.717, 1.165) is 0 Å². The highest BCUT2D eigenvalue weighted by Crippen LogP contribution is 2.25. The molecule has 0 spiro atoms. The van der Waals surface area contributed by atoms with Crippen molar-refractivity contribution in [3.8, 4) is 17.1 Å². The SMILES string of the molecule is CCc1nc(-c2ccc(OC(F)(F)F)cc2)[nH]c(=O)c1I. The summed E-state index contributed by atoms with van der Waals surface area (Å²) < 4.78 is 40.5. The van der Waals surface area contributed by atoms with Crippen molar-refractivity contribution in [3.05, 3.63) is 43.9 Å². The first-order valence-corrected chi connectivity index (χ1v) is 7.03. The molecule has 112 valence electrons. The Kier molecular flexibility index (Phi) is 4.55. The van der Waals surface area contributed by atoms with E-state index in [0.29, 0.717) is 27.1 Å². The zero-order valence-corrected chi connectivity index (χ0v) is 12.9. The molecule has 0 amide bonds. The van der Waals surface area contributed by atoms with E-state index < -0.39 is 6.36 Å². The van der Waals surface area contributed by atoms with Gasteiger partial charge in [-0.2, -0.15) is 0 Å². The number of benzene rings is 1. The minimum absolute atomic E-state index is 0.270. The zero-order valence-electron chi connectivity index (χ0n) is 10.8. The van der Waals surface area contributed by atoms with Crippen LogP contribution in [0.2, 0.25) is 0 Å². The lowest BCUT2D eigenvalue weighted by molar-refractivity contribution is -0.274. The van der Waals surface area contributed by atoms with Crippen molar-refractivity contribution < 1.29 is 17.9 Å². The Hall–Kier alpha value is -1.58. The Morgan fingerprint density at radius 1 is 1.29 bits per heavy atom. The second-order valence-corrected chi connectivity index (χ2v) is 5.18. The number of alkyl halides is 3. The van der Waals surface area contributed by atoms with Gasteiger partial charge in [-0.05, 0) is 53.3 Å². The van der Waals surface area contributed by atoms with E-state index in [2.05, 4.69) is 14.7 Å². The average Bonchev–Trinajstić information content (AvgIpc) is 2.41. The summed E-state index contributed by atoms with van der Waals surface area (Å²) in [5.74, 6) is -0.00866. The van der Waals surface area contributed by atoms with Crippen LogP contribution in [0, 0.1) is 3.57 Å². The van der Waals surface area contributed by atoms with Crippen LogP contribution in [-0.4, -0.2) is 16.3 Å². The highest BCUT2D eigenvalue weighted by molar-refractivity contribution is 14.1. The van der Waals surface area contributed by atoms with Crippen LogP contribution in [0.5, 0.6) is 5.75 Å². The first kappa shape index (κ1) is 15.8. The molecule has 1 N–H and O–H groups in total. The maximum absolute atomic E-state index is 12.1. The van der Waals surface area contributed by atoms with Crippen LogP contribution in [0.4, 0.5) is 13.2 Å². The molecule has 0 unspecified atom stereocenters. The third-order valence-corrected chi connectivity index (χ3v) is 3.74. The predicted molar refractivity (Wildman–Crippen MR) is 79.1 cm³/mol. The summed E-state index contributed by atoms with van der Waals surface area (Å²) in [6.07, 6.45) is -4.14. The normalized spacial score (nSPS) is 11.5. The number of aromatic amines is 1. The van der Waals surface area contributed by atoms with Crippen LogP contribution < -0.4 is 10.3 Å². The summed E-state index contributed by atoms with van der Waals surface area (Å²) in [5.41, 5.74) is 0.880. The number of rotatable bonds is 3. The molecule has 0 aliphatic heterocycles. The Bertz CT molecular complexity index is 696. The molecule has 0 aliphatic rings. The van der Waals surface area contributed by atoms with E-state index in [1.54, 1.807) is 0 Å². The van der Waals surface area contributed by atoms with E-state index in [1.807, 2.05) is 29.5 Å². The fraction of sp³-hybridized carbons (Fsp3) is 0.231. The summed E-state index contributed by atoms with van der Waals surface area (Å²) >= 11 is 1.91. The molecule has 0 saturated heterocycles. The lowest BCUT2D eigenvalue weighted by atomic mass is 10.2. The third kappa shape index (κ3) is 3.96. The molecule has 1 aromatic carbocycles. The molecule has 0 bridgehead atoms. The van der Waals surface area contributed by atoms with Gasteiger partial charge < -0.3 is 9.72 Å². The number of aryl methyl sites for hydroxylation is 1. The smallest absolute Gasteiger partial charge is 0.406 e. The predicted octanol–water partition coefficient (Wildman–Crippen LogP) is 3.50. The number of aromatic nitrogens is 2. The van der Waals surface area contributed by atoms with Gasteiger partial charge in [0, 0.05) is 5.56 Å². The van der Waals surface area contributed by atoms with Crippen LogP contribution in [0.3, 0.4) is 0 Å². The van der Waals surface area contributed by atoms with Crippen LogP contribution in [-0.2, 0) is 6.42 Å². The topological polar surface area (TPSA) is 55.0 Å². The van der Waals surface area contributed by atoms with Crippen molar-refractivity contribution in [1.82, 2.24) is 9.97 Å². The standard InChI is InChI=1S/C13H10F3IN2O2/c1-2-9-10(17)12(20)19-11(18-9)7-3-5-8(6-4-7)21-13(14,15)16/h3-6H,2H2,1H3,(H,18,19,20). The summed E-state index contributed by atoms with van der Waals surface area (Å²) in [5, 5.41) is 0. The Balaban J connectivity index is 2.35. The minimum atomic E-state index is -4.73. The minimum Gasteiger partial charge on any atom is -0.406 e. The Morgan fingerprint density at radius 2 is 1.90 bits per heavy atom. The monoisotopic (exact) mass is 410 g/mol. The zero-order chi connectivity index (χ0) is 15.6. The molecule has 0 fully saturated rings. The van der Waals surface area contributed by atoms with Crippen molar-refractivity contribution in [2.45, 2.75) is 19.7 Å². The van der Waals surface area contributed by atoms with Gasteiger partial charge in [0.2, 0.25) is 0 Å². The number of nitrogens with zero attached hydrogens (tertiary/aromatic N) is 1.